The number of carbonyl (C=O) groups excluding carboxylic acids is 2. The minimum absolute atomic E-state index is 0.00874. The number of methoxy groups -OCH3 is 3. The molecule has 0 radical (unpaired) electrons. The Morgan fingerprint density at radius 1 is 0.895 bits per heavy atom. The Morgan fingerprint density at radius 3 is 1.95 bits per heavy atom. The van der Waals surface area contributed by atoms with E-state index in [9.17, 15) is 9.59 Å². The van der Waals surface area contributed by atoms with Crippen LogP contribution in [0, 0.1) is 0 Å². The highest BCUT2D eigenvalue weighted by Crippen LogP contribution is 2.37. The molecule has 1 aliphatic rings. The number of rotatable bonds is 10. The summed E-state index contributed by atoms with van der Waals surface area (Å²) in [4.78, 5) is 27.3. The SMILES string of the molecule is COCO[C@H]1CC[C@@H](CCO[Si](c2ccccc2)(c2ccccc2)C(C)(C)C)N(C(=O)OC)[C@H]1C(=O)OC. The van der Waals surface area contributed by atoms with Crippen LogP contribution in [-0.2, 0) is 28.2 Å². The zero-order valence-corrected chi connectivity index (χ0v) is 24.3. The summed E-state index contributed by atoms with van der Waals surface area (Å²) in [5.41, 5.74) is 0. The molecule has 2 aromatic rings. The number of piperidine rings is 1. The van der Waals surface area contributed by atoms with E-state index >= 15 is 0 Å². The number of likely N-dealkylation sites (tertiary alicyclic amines) is 1. The highest BCUT2D eigenvalue weighted by molar-refractivity contribution is 6.99. The number of hydrogen-bond donors (Lipinski definition) is 0. The number of carbonyl (C=O) groups is 2. The average molecular weight is 544 g/mol. The molecule has 208 valence electrons. The van der Waals surface area contributed by atoms with Crippen molar-refractivity contribution in [1.29, 1.82) is 0 Å². The summed E-state index contributed by atoms with van der Waals surface area (Å²) in [5.74, 6) is -0.547. The molecule has 1 amide bonds. The Hall–Kier alpha value is -2.72. The highest BCUT2D eigenvalue weighted by atomic mass is 28.4. The maximum Gasteiger partial charge on any atom is 0.410 e. The molecule has 3 rings (SSSR count). The molecule has 1 fully saturated rings. The van der Waals surface area contributed by atoms with Crippen LogP contribution in [0.3, 0.4) is 0 Å². The van der Waals surface area contributed by atoms with Gasteiger partial charge in [-0.3, -0.25) is 4.90 Å². The van der Waals surface area contributed by atoms with Crippen LogP contribution in [-0.4, -0.2) is 78.2 Å². The molecule has 2 aromatic carbocycles. The molecule has 1 aliphatic heterocycles. The van der Waals surface area contributed by atoms with Gasteiger partial charge in [0.2, 0.25) is 0 Å². The van der Waals surface area contributed by atoms with Crippen molar-refractivity contribution in [3.63, 3.8) is 0 Å². The number of esters is 1. The van der Waals surface area contributed by atoms with Crippen molar-refractivity contribution >= 4 is 30.8 Å². The van der Waals surface area contributed by atoms with Gasteiger partial charge in [-0.15, -0.1) is 0 Å². The van der Waals surface area contributed by atoms with Crippen molar-refractivity contribution < 1.29 is 33.0 Å². The number of ether oxygens (including phenoxy) is 4. The van der Waals surface area contributed by atoms with E-state index in [0.29, 0.717) is 25.9 Å². The summed E-state index contributed by atoms with van der Waals surface area (Å²) in [6.07, 6.45) is 0.572. The number of benzene rings is 2. The fourth-order valence-corrected chi connectivity index (χ4v) is 10.1. The lowest BCUT2D eigenvalue weighted by molar-refractivity contribution is -0.166. The maximum atomic E-state index is 13.0. The van der Waals surface area contributed by atoms with Crippen molar-refractivity contribution in [3.8, 4) is 0 Å². The molecule has 0 N–H and O–H groups in total. The van der Waals surface area contributed by atoms with Gasteiger partial charge in [0.25, 0.3) is 8.32 Å². The summed E-state index contributed by atoms with van der Waals surface area (Å²) in [6, 6.07) is 19.6. The van der Waals surface area contributed by atoms with Crippen LogP contribution in [0.1, 0.15) is 40.0 Å². The maximum absolute atomic E-state index is 13.0. The van der Waals surface area contributed by atoms with Crippen LogP contribution in [0.5, 0.6) is 0 Å². The topological polar surface area (TPSA) is 83.5 Å². The van der Waals surface area contributed by atoms with Crippen LogP contribution >= 0.6 is 0 Å². The van der Waals surface area contributed by atoms with Gasteiger partial charge in [-0.05, 0) is 34.7 Å². The van der Waals surface area contributed by atoms with Gasteiger partial charge >= 0.3 is 12.1 Å². The fraction of sp³-hybridized carbons (Fsp3) is 0.517. The van der Waals surface area contributed by atoms with Gasteiger partial charge in [-0.2, -0.15) is 0 Å². The van der Waals surface area contributed by atoms with E-state index in [1.165, 1.54) is 36.6 Å². The third-order valence-electron chi connectivity index (χ3n) is 7.24. The van der Waals surface area contributed by atoms with Crippen molar-refractivity contribution in [2.45, 2.75) is 63.3 Å². The fourth-order valence-electron chi connectivity index (χ4n) is 5.54. The van der Waals surface area contributed by atoms with E-state index in [0.717, 1.165) is 0 Å². The van der Waals surface area contributed by atoms with Crippen molar-refractivity contribution in [3.05, 3.63) is 60.7 Å². The molecule has 0 aromatic heterocycles. The molecule has 0 saturated carbocycles. The lowest BCUT2D eigenvalue weighted by Crippen LogP contribution is -2.67. The van der Waals surface area contributed by atoms with E-state index in [1.54, 1.807) is 0 Å². The molecule has 1 saturated heterocycles. The van der Waals surface area contributed by atoms with Gasteiger partial charge < -0.3 is 23.4 Å². The third kappa shape index (κ3) is 6.28. The van der Waals surface area contributed by atoms with E-state index in [4.69, 9.17) is 23.4 Å². The Balaban J connectivity index is 1.92. The first kappa shape index (κ1) is 29.8. The molecular weight excluding hydrogens is 502 g/mol. The number of hydrogen-bond acceptors (Lipinski definition) is 7. The van der Waals surface area contributed by atoms with E-state index < -0.39 is 32.5 Å². The van der Waals surface area contributed by atoms with Crippen LogP contribution in [0.15, 0.2) is 60.7 Å². The highest BCUT2D eigenvalue weighted by Gasteiger charge is 2.51. The van der Waals surface area contributed by atoms with Gasteiger partial charge in [0.1, 0.15) is 6.79 Å². The first-order valence-corrected chi connectivity index (χ1v) is 14.9. The third-order valence-corrected chi connectivity index (χ3v) is 12.3. The first-order chi connectivity index (χ1) is 18.2. The molecule has 0 unspecified atom stereocenters. The summed E-state index contributed by atoms with van der Waals surface area (Å²) in [6.45, 7) is 7.10. The molecular formula is C29H41NO7Si. The molecule has 0 spiro atoms. The summed E-state index contributed by atoms with van der Waals surface area (Å²) in [5, 5.41) is 2.21. The molecule has 0 aliphatic carbocycles. The zero-order chi connectivity index (χ0) is 27.8. The Labute approximate surface area is 227 Å². The van der Waals surface area contributed by atoms with Crippen molar-refractivity contribution in [2.24, 2.45) is 0 Å². The van der Waals surface area contributed by atoms with E-state index in [1.807, 2.05) is 12.1 Å². The predicted molar refractivity (Wildman–Crippen MR) is 148 cm³/mol. The van der Waals surface area contributed by atoms with Gasteiger partial charge in [0.05, 0.1) is 20.3 Å². The van der Waals surface area contributed by atoms with Gasteiger partial charge in [-0.1, -0.05) is 81.4 Å². The van der Waals surface area contributed by atoms with Crippen LogP contribution < -0.4 is 10.4 Å². The van der Waals surface area contributed by atoms with Gasteiger partial charge in [0.15, 0.2) is 6.04 Å². The zero-order valence-electron chi connectivity index (χ0n) is 23.3. The lowest BCUT2D eigenvalue weighted by atomic mass is 9.91. The van der Waals surface area contributed by atoms with E-state index in [-0.39, 0.29) is 17.9 Å². The normalized spacial score (nSPS) is 20.2. The van der Waals surface area contributed by atoms with Crippen LogP contribution in [0.2, 0.25) is 5.04 Å². The second-order valence-electron chi connectivity index (χ2n) is 10.5. The second kappa shape index (κ2) is 13.4. The summed E-state index contributed by atoms with van der Waals surface area (Å²) < 4.78 is 28.0. The lowest BCUT2D eigenvalue weighted by Gasteiger charge is -2.45. The summed E-state index contributed by atoms with van der Waals surface area (Å²) in [7, 11) is 1.40. The summed E-state index contributed by atoms with van der Waals surface area (Å²) >= 11 is 0. The molecule has 9 heteroatoms. The smallest absolute Gasteiger partial charge is 0.410 e. The number of amides is 1. The Morgan fingerprint density at radius 2 is 1.47 bits per heavy atom. The predicted octanol–water partition coefficient (Wildman–Crippen LogP) is 3.71. The number of nitrogens with zero attached hydrogens (tertiary/aromatic N) is 1. The van der Waals surface area contributed by atoms with E-state index in [2.05, 4.69) is 69.3 Å². The van der Waals surface area contributed by atoms with Gasteiger partial charge in [-0.25, -0.2) is 9.59 Å². The minimum Gasteiger partial charge on any atom is -0.467 e. The molecule has 0 bridgehead atoms. The second-order valence-corrected chi connectivity index (χ2v) is 14.8. The standard InChI is InChI=1S/C29H41NO7Si/c1-29(2,3)38(23-13-9-7-10-14-23,24-15-11-8-12-16-24)37-20-19-22-17-18-25(36-21-33-4)26(27(31)34-5)30(22)28(32)35-6/h7-16,22,25-26H,17-21H2,1-6H3/t22-,25-,26+/m0/s1. The largest absolute Gasteiger partial charge is 0.467 e. The van der Waals surface area contributed by atoms with Crippen LogP contribution in [0.4, 0.5) is 4.79 Å². The molecule has 1 heterocycles. The Kier molecular flexibility index (Phi) is 10.5. The average Bonchev–Trinajstić information content (AvgIpc) is 2.93. The van der Waals surface area contributed by atoms with Crippen molar-refractivity contribution in [2.75, 3.05) is 34.7 Å². The van der Waals surface area contributed by atoms with Crippen LogP contribution in [0.25, 0.3) is 0 Å². The monoisotopic (exact) mass is 543 g/mol. The molecule has 8 nitrogen and oxygen atoms in total. The molecule has 38 heavy (non-hydrogen) atoms. The molecule has 3 atom stereocenters. The first-order valence-electron chi connectivity index (χ1n) is 13.0. The van der Waals surface area contributed by atoms with Gasteiger partial charge in [0, 0.05) is 19.8 Å². The quantitative estimate of drug-likeness (QED) is 0.257. The Bertz CT molecular complexity index is 989. The minimum atomic E-state index is -2.74. The van der Waals surface area contributed by atoms with Crippen molar-refractivity contribution in [1.82, 2.24) is 4.90 Å².